The summed E-state index contributed by atoms with van der Waals surface area (Å²) in [5.74, 6) is 0.559. The highest BCUT2D eigenvalue weighted by Crippen LogP contribution is 2.17. The molecule has 4 nitrogen and oxygen atoms in total. The number of para-hydroxylation sites is 1. The normalized spacial score (nSPS) is 10.9. The first kappa shape index (κ1) is 10.8. The zero-order valence-electron chi connectivity index (χ0n) is 9.95. The second kappa shape index (κ2) is 4.49. The molecule has 2 heterocycles. The van der Waals surface area contributed by atoms with Crippen LogP contribution in [0.15, 0.2) is 48.9 Å². The van der Waals surface area contributed by atoms with E-state index in [4.69, 9.17) is 5.73 Å². The average Bonchev–Trinajstić information content (AvgIpc) is 2.82. The number of nitrogen functional groups attached to an aromatic ring is 1. The minimum absolute atomic E-state index is 0.559. The van der Waals surface area contributed by atoms with Crippen molar-refractivity contribution in [1.29, 1.82) is 0 Å². The monoisotopic (exact) mass is 238 g/mol. The van der Waals surface area contributed by atoms with Gasteiger partial charge in [-0.2, -0.15) is 0 Å². The van der Waals surface area contributed by atoms with Crippen LogP contribution in [-0.4, -0.2) is 14.5 Å². The Bertz CT molecular complexity index is 667. The average molecular weight is 238 g/mol. The molecule has 0 radical (unpaired) electrons. The van der Waals surface area contributed by atoms with Crippen LogP contribution in [0.2, 0.25) is 0 Å². The highest BCUT2D eigenvalue weighted by molar-refractivity contribution is 5.81. The number of rotatable bonds is 3. The van der Waals surface area contributed by atoms with E-state index in [9.17, 15) is 0 Å². The lowest BCUT2D eigenvalue weighted by atomic mass is 10.1. The molecule has 0 saturated carbocycles. The third-order valence-corrected chi connectivity index (χ3v) is 3.09. The summed E-state index contributed by atoms with van der Waals surface area (Å²) in [6.45, 7) is 0.821. The number of anilines is 1. The molecule has 4 heteroatoms. The van der Waals surface area contributed by atoms with Crippen molar-refractivity contribution in [3.63, 3.8) is 0 Å². The molecule has 18 heavy (non-hydrogen) atoms. The smallest absolute Gasteiger partial charge is 0.200 e. The summed E-state index contributed by atoms with van der Waals surface area (Å²) in [4.78, 5) is 8.46. The zero-order valence-corrected chi connectivity index (χ0v) is 9.95. The van der Waals surface area contributed by atoms with Gasteiger partial charge in [-0.15, -0.1) is 0 Å². The fourth-order valence-corrected chi connectivity index (χ4v) is 2.14. The van der Waals surface area contributed by atoms with Crippen LogP contribution >= 0.6 is 0 Å². The van der Waals surface area contributed by atoms with Crippen LogP contribution in [-0.2, 0) is 13.0 Å². The first-order valence-corrected chi connectivity index (χ1v) is 5.94. The summed E-state index contributed by atoms with van der Waals surface area (Å²) in [6.07, 6.45) is 6.34. The molecule has 0 bridgehead atoms. The fourth-order valence-electron chi connectivity index (χ4n) is 2.14. The van der Waals surface area contributed by atoms with Gasteiger partial charge >= 0.3 is 0 Å². The van der Waals surface area contributed by atoms with Crippen molar-refractivity contribution in [1.82, 2.24) is 14.5 Å². The number of aryl methyl sites for hydroxylation is 2. The Hall–Kier alpha value is -2.36. The van der Waals surface area contributed by atoms with E-state index in [2.05, 4.69) is 34.2 Å². The number of pyridine rings is 1. The van der Waals surface area contributed by atoms with Crippen molar-refractivity contribution < 1.29 is 0 Å². The maximum absolute atomic E-state index is 5.75. The van der Waals surface area contributed by atoms with Gasteiger partial charge in [-0.1, -0.05) is 24.3 Å². The number of hydrogen-bond acceptors (Lipinski definition) is 3. The first-order valence-electron chi connectivity index (χ1n) is 5.94. The Morgan fingerprint density at radius 2 is 1.94 bits per heavy atom. The van der Waals surface area contributed by atoms with E-state index in [-0.39, 0.29) is 0 Å². The molecule has 0 aliphatic rings. The van der Waals surface area contributed by atoms with Crippen LogP contribution in [0.1, 0.15) is 5.56 Å². The molecule has 1 aromatic carbocycles. The number of fused-ring (bicyclic) bond motifs is 1. The summed E-state index contributed by atoms with van der Waals surface area (Å²) in [7, 11) is 0. The molecule has 0 amide bonds. The molecule has 0 fully saturated rings. The lowest BCUT2D eigenvalue weighted by Crippen LogP contribution is -2.05. The Morgan fingerprint density at radius 1 is 1.06 bits per heavy atom. The summed E-state index contributed by atoms with van der Waals surface area (Å²) in [5.41, 5.74) is 8.06. The molecule has 0 saturated heterocycles. The van der Waals surface area contributed by atoms with E-state index in [1.54, 1.807) is 6.20 Å². The van der Waals surface area contributed by atoms with Gasteiger partial charge in [0.05, 0.1) is 5.52 Å². The predicted molar refractivity (Wildman–Crippen MR) is 72.1 cm³/mol. The third kappa shape index (κ3) is 1.93. The molecule has 2 N–H and O–H groups in total. The summed E-state index contributed by atoms with van der Waals surface area (Å²) < 4.78 is 1.95. The molecule has 0 spiro atoms. The zero-order chi connectivity index (χ0) is 12.4. The topological polar surface area (TPSA) is 56.7 Å². The van der Waals surface area contributed by atoms with Gasteiger partial charge in [0.2, 0.25) is 0 Å². The number of nitrogens with two attached hydrogens (primary N) is 1. The largest absolute Gasteiger partial charge is 0.369 e. The molecule has 0 unspecified atom stereocenters. The van der Waals surface area contributed by atoms with Crippen LogP contribution in [0.25, 0.3) is 10.9 Å². The van der Waals surface area contributed by atoms with E-state index in [0.29, 0.717) is 5.95 Å². The quantitative estimate of drug-likeness (QED) is 0.761. The summed E-state index contributed by atoms with van der Waals surface area (Å²) in [6, 6.07) is 10.3. The van der Waals surface area contributed by atoms with Crippen LogP contribution in [0.3, 0.4) is 0 Å². The van der Waals surface area contributed by atoms with Crippen LogP contribution in [0.5, 0.6) is 0 Å². The van der Waals surface area contributed by atoms with E-state index >= 15 is 0 Å². The van der Waals surface area contributed by atoms with Gasteiger partial charge in [0.15, 0.2) is 5.95 Å². The van der Waals surface area contributed by atoms with Crippen LogP contribution in [0, 0.1) is 0 Å². The van der Waals surface area contributed by atoms with Gasteiger partial charge in [-0.3, -0.25) is 4.98 Å². The highest BCUT2D eigenvalue weighted by Gasteiger charge is 2.03. The molecule has 90 valence electrons. The highest BCUT2D eigenvalue weighted by atomic mass is 15.1. The van der Waals surface area contributed by atoms with E-state index in [1.165, 1.54) is 10.9 Å². The molecular formula is C14H14N4. The van der Waals surface area contributed by atoms with Gasteiger partial charge in [-0.05, 0) is 18.1 Å². The van der Waals surface area contributed by atoms with Crippen molar-refractivity contribution in [3.05, 3.63) is 54.5 Å². The Kier molecular flexibility index (Phi) is 2.68. The Labute approximate surface area is 105 Å². The first-order chi connectivity index (χ1) is 8.84. The minimum Gasteiger partial charge on any atom is -0.369 e. The lowest BCUT2D eigenvalue weighted by Gasteiger charge is -2.07. The van der Waals surface area contributed by atoms with E-state index in [0.717, 1.165) is 18.5 Å². The standard InChI is InChI=1S/C14H14N4/c15-14-17-8-10-18(14)9-6-12-4-1-3-11-5-2-7-16-13(11)12/h1-5,7-8,10H,6,9H2,(H2,15,17). The van der Waals surface area contributed by atoms with Gasteiger partial charge in [0.1, 0.15) is 0 Å². The molecule has 0 atom stereocenters. The van der Waals surface area contributed by atoms with Crippen molar-refractivity contribution in [2.45, 2.75) is 13.0 Å². The number of imidazole rings is 1. The van der Waals surface area contributed by atoms with Crippen molar-refractivity contribution in [2.24, 2.45) is 0 Å². The lowest BCUT2D eigenvalue weighted by molar-refractivity contribution is 0.708. The van der Waals surface area contributed by atoms with E-state index < -0.39 is 0 Å². The Morgan fingerprint density at radius 3 is 2.78 bits per heavy atom. The second-order valence-corrected chi connectivity index (χ2v) is 4.22. The maximum atomic E-state index is 5.75. The molecular weight excluding hydrogens is 224 g/mol. The fraction of sp³-hybridized carbons (Fsp3) is 0.143. The molecule has 3 rings (SSSR count). The molecule has 2 aromatic heterocycles. The van der Waals surface area contributed by atoms with Gasteiger partial charge in [0, 0.05) is 30.5 Å². The SMILES string of the molecule is Nc1nccn1CCc1cccc2cccnc12. The van der Waals surface area contributed by atoms with Gasteiger partial charge < -0.3 is 10.3 Å². The molecule has 3 aromatic rings. The number of benzene rings is 1. The van der Waals surface area contributed by atoms with Crippen molar-refractivity contribution in [2.75, 3.05) is 5.73 Å². The second-order valence-electron chi connectivity index (χ2n) is 4.22. The number of hydrogen-bond donors (Lipinski definition) is 1. The summed E-state index contributed by atoms with van der Waals surface area (Å²) in [5, 5.41) is 1.17. The van der Waals surface area contributed by atoms with Crippen molar-refractivity contribution in [3.8, 4) is 0 Å². The van der Waals surface area contributed by atoms with Gasteiger partial charge in [-0.25, -0.2) is 4.98 Å². The number of aromatic nitrogens is 3. The maximum Gasteiger partial charge on any atom is 0.200 e. The van der Waals surface area contributed by atoms with Crippen LogP contribution < -0.4 is 5.73 Å². The minimum atomic E-state index is 0.559. The van der Waals surface area contributed by atoms with Gasteiger partial charge in [0.25, 0.3) is 0 Å². The third-order valence-electron chi connectivity index (χ3n) is 3.09. The molecule has 0 aliphatic carbocycles. The number of nitrogens with zero attached hydrogens (tertiary/aromatic N) is 3. The molecule has 0 aliphatic heterocycles. The Balaban J connectivity index is 1.89. The van der Waals surface area contributed by atoms with Crippen LogP contribution in [0.4, 0.5) is 5.95 Å². The predicted octanol–water partition coefficient (Wildman–Crippen LogP) is 2.26. The summed E-state index contributed by atoms with van der Waals surface area (Å²) >= 11 is 0. The van der Waals surface area contributed by atoms with E-state index in [1.807, 2.05) is 23.0 Å². The van der Waals surface area contributed by atoms with Crippen molar-refractivity contribution >= 4 is 16.9 Å².